The second-order valence-corrected chi connectivity index (χ2v) is 5.93. The number of hydrogen-bond donors (Lipinski definition) is 0. The zero-order valence-electron chi connectivity index (χ0n) is 10.9. The second-order valence-electron chi connectivity index (χ2n) is 4.58. The molecule has 1 aromatic carbocycles. The molecule has 3 nitrogen and oxygen atoms in total. The summed E-state index contributed by atoms with van der Waals surface area (Å²) in [4.78, 5) is -0.0569. The van der Waals surface area contributed by atoms with Crippen molar-refractivity contribution < 1.29 is 13.0 Å². The summed E-state index contributed by atoms with van der Waals surface area (Å²) in [6.07, 6.45) is 7.59. The Hall–Kier alpha value is -0.870. The minimum absolute atomic E-state index is 0.0569. The minimum atomic E-state index is -4.33. The predicted octanol–water partition coefficient (Wildman–Crippen LogP) is 3.49. The molecule has 0 N–H and O–H groups in total. The van der Waals surface area contributed by atoms with Crippen LogP contribution in [0.2, 0.25) is 0 Å². The van der Waals surface area contributed by atoms with Crippen LogP contribution in [-0.2, 0) is 16.5 Å². The number of benzene rings is 1. The maximum Gasteiger partial charge on any atom is 0.124 e. The normalized spacial score (nSPS) is 11.7. The van der Waals surface area contributed by atoms with E-state index in [4.69, 9.17) is 0 Å². The highest BCUT2D eigenvalue weighted by Gasteiger charge is 2.07. The largest absolute Gasteiger partial charge is 0.744 e. The van der Waals surface area contributed by atoms with Gasteiger partial charge in [-0.15, -0.1) is 0 Å². The summed E-state index contributed by atoms with van der Waals surface area (Å²) in [6.45, 7) is 2.18. The molecule has 1 aromatic rings. The Bertz CT molecular complexity index is 452. The van der Waals surface area contributed by atoms with Crippen molar-refractivity contribution in [1.29, 1.82) is 0 Å². The van der Waals surface area contributed by atoms with Crippen molar-refractivity contribution in [3.63, 3.8) is 0 Å². The molecule has 0 fully saturated rings. The molecular weight excluding hydrogens is 248 g/mol. The van der Waals surface area contributed by atoms with Crippen LogP contribution in [0.5, 0.6) is 0 Å². The van der Waals surface area contributed by atoms with Gasteiger partial charge in [0.25, 0.3) is 0 Å². The topological polar surface area (TPSA) is 57.2 Å². The molecule has 0 radical (unpaired) electrons. The molecule has 0 aromatic heterocycles. The molecule has 4 heteroatoms. The standard InChI is InChI=1S/C14H22O3S/c1-2-3-4-5-6-7-10-13-11-8-9-12-14(13)18(15,16)17/h8-9,11-12H,2-7,10H2,1H3,(H,15,16,17)/p-1. The SMILES string of the molecule is CCCCCCCCc1ccccc1S(=O)(=O)[O-]. The Morgan fingerprint density at radius 3 is 2.28 bits per heavy atom. The van der Waals surface area contributed by atoms with E-state index in [0.717, 1.165) is 12.8 Å². The van der Waals surface area contributed by atoms with Gasteiger partial charge >= 0.3 is 0 Å². The van der Waals surface area contributed by atoms with Gasteiger partial charge in [0.05, 0.1) is 4.90 Å². The lowest BCUT2D eigenvalue weighted by Crippen LogP contribution is -2.03. The molecule has 0 atom stereocenters. The van der Waals surface area contributed by atoms with E-state index in [1.165, 1.54) is 31.7 Å². The van der Waals surface area contributed by atoms with E-state index in [1.54, 1.807) is 18.2 Å². The summed E-state index contributed by atoms with van der Waals surface area (Å²) >= 11 is 0. The first-order valence-electron chi connectivity index (χ1n) is 6.59. The van der Waals surface area contributed by atoms with Gasteiger partial charge in [-0.1, -0.05) is 57.2 Å². The van der Waals surface area contributed by atoms with Gasteiger partial charge in [-0.05, 0) is 24.5 Å². The van der Waals surface area contributed by atoms with Crippen LogP contribution >= 0.6 is 0 Å². The van der Waals surface area contributed by atoms with Gasteiger partial charge in [0.1, 0.15) is 10.1 Å². The summed E-state index contributed by atoms with van der Waals surface area (Å²) in [5.74, 6) is 0. The van der Waals surface area contributed by atoms with Gasteiger partial charge in [-0.3, -0.25) is 0 Å². The van der Waals surface area contributed by atoms with Gasteiger partial charge < -0.3 is 4.55 Å². The minimum Gasteiger partial charge on any atom is -0.744 e. The number of rotatable bonds is 8. The average molecular weight is 269 g/mol. The van der Waals surface area contributed by atoms with Crippen molar-refractivity contribution in [2.24, 2.45) is 0 Å². The molecule has 0 bridgehead atoms. The van der Waals surface area contributed by atoms with Crippen LogP contribution in [0.15, 0.2) is 29.2 Å². The van der Waals surface area contributed by atoms with Gasteiger partial charge in [0.2, 0.25) is 0 Å². The van der Waals surface area contributed by atoms with Crippen molar-refractivity contribution in [3.05, 3.63) is 29.8 Å². The second kappa shape index (κ2) is 7.54. The molecule has 1 rings (SSSR count). The summed E-state index contributed by atoms with van der Waals surface area (Å²) in [5.41, 5.74) is 0.656. The van der Waals surface area contributed by atoms with Crippen molar-refractivity contribution in [2.45, 2.75) is 56.8 Å². The highest BCUT2D eigenvalue weighted by Crippen LogP contribution is 2.18. The lowest BCUT2D eigenvalue weighted by molar-refractivity contribution is 0.461. The van der Waals surface area contributed by atoms with Gasteiger partial charge in [0, 0.05) is 0 Å². The Labute approximate surface area is 110 Å². The fourth-order valence-electron chi connectivity index (χ4n) is 2.05. The average Bonchev–Trinajstić information content (AvgIpc) is 2.33. The third kappa shape index (κ3) is 5.19. The molecule has 102 valence electrons. The maximum atomic E-state index is 11.1. The predicted molar refractivity (Wildman–Crippen MR) is 71.5 cm³/mol. The lowest BCUT2D eigenvalue weighted by atomic mass is 10.1. The van der Waals surface area contributed by atoms with Crippen molar-refractivity contribution in [1.82, 2.24) is 0 Å². The van der Waals surface area contributed by atoms with Gasteiger partial charge in [-0.25, -0.2) is 8.42 Å². The fraction of sp³-hybridized carbons (Fsp3) is 0.571. The Kier molecular flexibility index (Phi) is 6.36. The van der Waals surface area contributed by atoms with Crippen LogP contribution in [0.1, 0.15) is 51.0 Å². The van der Waals surface area contributed by atoms with E-state index >= 15 is 0 Å². The molecule has 0 aliphatic carbocycles. The molecule has 0 spiro atoms. The van der Waals surface area contributed by atoms with E-state index in [1.807, 2.05) is 0 Å². The van der Waals surface area contributed by atoms with Gasteiger partial charge in [-0.2, -0.15) is 0 Å². The smallest absolute Gasteiger partial charge is 0.124 e. The van der Waals surface area contributed by atoms with Crippen molar-refractivity contribution in [2.75, 3.05) is 0 Å². The van der Waals surface area contributed by atoms with Crippen LogP contribution in [0.25, 0.3) is 0 Å². The van der Waals surface area contributed by atoms with Crippen LogP contribution in [-0.4, -0.2) is 13.0 Å². The first kappa shape index (κ1) is 15.2. The first-order valence-corrected chi connectivity index (χ1v) is 8.00. The zero-order valence-corrected chi connectivity index (χ0v) is 11.7. The number of aryl methyl sites for hydroxylation is 1. The van der Waals surface area contributed by atoms with Crippen molar-refractivity contribution in [3.8, 4) is 0 Å². The maximum absolute atomic E-state index is 11.1. The molecule has 0 saturated carbocycles. The van der Waals surface area contributed by atoms with Gasteiger partial charge in [0.15, 0.2) is 0 Å². The quantitative estimate of drug-likeness (QED) is 0.536. The molecule has 0 amide bonds. The molecule has 0 saturated heterocycles. The molecule has 0 unspecified atom stereocenters. The first-order chi connectivity index (χ1) is 8.55. The zero-order chi connectivity index (χ0) is 13.4. The Balaban J connectivity index is 2.48. The highest BCUT2D eigenvalue weighted by molar-refractivity contribution is 7.85. The summed E-state index contributed by atoms with van der Waals surface area (Å²) in [7, 11) is -4.33. The molecule has 0 heterocycles. The lowest BCUT2D eigenvalue weighted by Gasteiger charge is -2.12. The number of hydrogen-bond acceptors (Lipinski definition) is 3. The summed E-state index contributed by atoms with van der Waals surface area (Å²) in [6, 6.07) is 6.50. The van der Waals surface area contributed by atoms with E-state index in [0.29, 0.717) is 12.0 Å². The number of unbranched alkanes of at least 4 members (excludes halogenated alkanes) is 5. The Morgan fingerprint density at radius 1 is 1.00 bits per heavy atom. The third-order valence-electron chi connectivity index (χ3n) is 3.04. The molecule has 18 heavy (non-hydrogen) atoms. The highest BCUT2D eigenvalue weighted by atomic mass is 32.2. The summed E-state index contributed by atoms with van der Waals surface area (Å²) in [5, 5.41) is 0. The van der Waals surface area contributed by atoms with E-state index in [2.05, 4.69) is 6.92 Å². The molecule has 0 aliphatic rings. The Morgan fingerprint density at radius 2 is 1.61 bits per heavy atom. The molecular formula is C14H21O3S-. The summed E-state index contributed by atoms with van der Waals surface area (Å²) < 4.78 is 33.2. The third-order valence-corrected chi connectivity index (χ3v) is 3.98. The van der Waals surface area contributed by atoms with E-state index < -0.39 is 10.1 Å². The van der Waals surface area contributed by atoms with Crippen molar-refractivity contribution >= 4 is 10.1 Å². The van der Waals surface area contributed by atoms with Crippen LogP contribution in [0, 0.1) is 0 Å². The van der Waals surface area contributed by atoms with E-state index in [9.17, 15) is 13.0 Å². The van der Waals surface area contributed by atoms with Crippen LogP contribution in [0.4, 0.5) is 0 Å². The monoisotopic (exact) mass is 269 g/mol. The fourth-order valence-corrected chi connectivity index (χ4v) is 2.79. The molecule has 0 aliphatic heterocycles. The van der Waals surface area contributed by atoms with E-state index in [-0.39, 0.29) is 4.90 Å². The van der Waals surface area contributed by atoms with Crippen LogP contribution in [0.3, 0.4) is 0 Å². The van der Waals surface area contributed by atoms with Crippen LogP contribution < -0.4 is 0 Å².